The molecule has 0 fully saturated rings. The van der Waals surface area contributed by atoms with Gasteiger partial charge in [0.15, 0.2) is 0 Å². The van der Waals surface area contributed by atoms with Gasteiger partial charge in [0, 0.05) is 5.75 Å². The molecular weight excluding hydrogens is 296 g/mol. The summed E-state index contributed by atoms with van der Waals surface area (Å²) in [6.45, 7) is -0.452. The van der Waals surface area contributed by atoms with Crippen LogP contribution in [0.5, 0.6) is 0 Å². The predicted octanol–water partition coefficient (Wildman–Crippen LogP) is 0.412. The van der Waals surface area contributed by atoms with Crippen LogP contribution in [0.15, 0.2) is 30.3 Å². The maximum Gasteiger partial charge on any atom is 0.408 e. The number of thiol groups is 1. The van der Waals surface area contributed by atoms with Gasteiger partial charge >= 0.3 is 12.1 Å². The van der Waals surface area contributed by atoms with Crippen LogP contribution in [-0.2, 0) is 20.9 Å². The Morgan fingerprint density at radius 2 is 1.90 bits per heavy atom. The molecule has 1 atom stereocenters. The molecule has 0 bridgehead atoms. The minimum absolute atomic E-state index is 0.0197. The Hall–Kier alpha value is -2.22. The van der Waals surface area contributed by atoms with Gasteiger partial charge in [0.2, 0.25) is 5.91 Å². The third-order valence-electron chi connectivity index (χ3n) is 2.42. The number of ether oxygens (including phenoxy) is 1. The van der Waals surface area contributed by atoms with E-state index < -0.39 is 30.6 Å². The van der Waals surface area contributed by atoms with Crippen LogP contribution in [0.25, 0.3) is 0 Å². The van der Waals surface area contributed by atoms with Gasteiger partial charge in [-0.1, -0.05) is 30.3 Å². The van der Waals surface area contributed by atoms with Gasteiger partial charge in [-0.3, -0.25) is 9.59 Å². The fraction of sp³-hybridized carbons (Fsp3) is 0.308. The SMILES string of the molecule is O=C(O)CNC(=O)C(CS)NC(=O)OCc1ccccc1. The highest BCUT2D eigenvalue weighted by molar-refractivity contribution is 7.80. The maximum atomic E-state index is 11.6. The van der Waals surface area contributed by atoms with Gasteiger partial charge < -0.3 is 20.5 Å². The predicted molar refractivity (Wildman–Crippen MR) is 78.0 cm³/mol. The molecule has 0 spiro atoms. The van der Waals surface area contributed by atoms with Crippen molar-refractivity contribution >= 4 is 30.6 Å². The summed E-state index contributed by atoms with van der Waals surface area (Å²) in [6, 6.07) is 8.09. The lowest BCUT2D eigenvalue weighted by Crippen LogP contribution is -2.49. The Morgan fingerprint density at radius 1 is 1.24 bits per heavy atom. The zero-order valence-electron chi connectivity index (χ0n) is 11.1. The second-order valence-electron chi connectivity index (χ2n) is 4.05. The molecule has 0 radical (unpaired) electrons. The van der Waals surface area contributed by atoms with E-state index in [-0.39, 0.29) is 12.4 Å². The molecule has 0 heterocycles. The van der Waals surface area contributed by atoms with E-state index in [1.54, 1.807) is 12.1 Å². The average Bonchev–Trinajstić information content (AvgIpc) is 2.49. The molecule has 0 aliphatic carbocycles. The van der Waals surface area contributed by atoms with Crippen molar-refractivity contribution in [1.29, 1.82) is 0 Å². The standard InChI is InChI=1S/C13H16N2O5S/c16-11(17)6-14-12(18)10(8-21)15-13(19)20-7-9-4-2-1-3-5-9/h1-5,10,21H,6-8H2,(H,14,18)(H,15,19)(H,16,17). The van der Waals surface area contributed by atoms with E-state index in [0.29, 0.717) is 0 Å². The minimum atomic E-state index is -1.17. The van der Waals surface area contributed by atoms with Gasteiger partial charge in [-0.2, -0.15) is 12.6 Å². The summed E-state index contributed by atoms with van der Waals surface area (Å²) in [5.74, 6) is -1.79. The molecule has 114 valence electrons. The first-order chi connectivity index (χ1) is 10.0. The number of benzene rings is 1. The lowest BCUT2D eigenvalue weighted by Gasteiger charge is -2.15. The van der Waals surface area contributed by atoms with Crippen LogP contribution in [0.4, 0.5) is 4.79 Å². The van der Waals surface area contributed by atoms with Crippen LogP contribution in [0.3, 0.4) is 0 Å². The number of hydrogen-bond donors (Lipinski definition) is 4. The van der Waals surface area contributed by atoms with Crippen molar-refractivity contribution in [2.75, 3.05) is 12.3 Å². The number of rotatable bonds is 7. The van der Waals surface area contributed by atoms with Crippen molar-refractivity contribution in [2.45, 2.75) is 12.6 Å². The molecule has 7 nitrogen and oxygen atoms in total. The summed E-state index contributed by atoms with van der Waals surface area (Å²) >= 11 is 3.93. The van der Waals surface area contributed by atoms with Crippen molar-refractivity contribution in [2.24, 2.45) is 0 Å². The fourth-order valence-electron chi connectivity index (χ4n) is 1.39. The number of alkyl carbamates (subject to hydrolysis) is 1. The highest BCUT2D eigenvalue weighted by Crippen LogP contribution is 2.01. The Morgan fingerprint density at radius 3 is 2.48 bits per heavy atom. The Labute approximate surface area is 127 Å². The van der Waals surface area contributed by atoms with E-state index in [4.69, 9.17) is 9.84 Å². The van der Waals surface area contributed by atoms with Crippen LogP contribution in [0.1, 0.15) is 5.56 Å². The highest BCUT2D eigenvalue weighted by Gasteiger charge is 2.20. The first kappa shape index (κ1) is 16.8. The summed E-state index contributed by atoms with van der Waals surface area (Å²) in [5.41, 5.74) is 0.811. The maximum absolute atomic E-state index is 11.6. The van der Waals surface area contributed by atoms with Gasteiger partial charge in [-0.15, -0.1) is 0 Å². The Bertz CT molecular complexity index is 495. The van der Waals surface area contributed by atoms with E-state index >= 15 is 0 Å². The molecule has 8 heteroatoms. The fourth-order valence-corrected chi connectivity index (χ4v) is 1.64. The lowest BCUT2D eigenvalue weighted by atomic mass is 10.2. The quantitative estimate of drug-likeness (QED) is 0.546. The monoisotopic (exact) mass is 312 g/mol. The van der Waals surface area contributed by atoms with Crippen molar-refractivity contribution in [3.05, 3.63) is 35.9 Å². The van der Waals surface area contributed by atoms with Crippen LogP contribution in [-0.4, -0.2) is 41.4 Å². The number of carbonyl (C=O) groups is 3. The van der Waals surface area contributed by atoms with Crippen molar-refractivity contribution in [3.8, 4) is 0 Å². The summed E-state index contributed by atoms with van der Waals surface area (Å²) < 4.78 is 4.96. The van der Waals surface area contributed by atoms with Gasteiger partial charge in [-0.25, -0.2) is 4.79 Å². The summed E-state index contributed by atoms with van der Waals surface area (Å²) in [4.78, 5) is 33.5. The molecule has 1 unspecified atom stereocenters. The first-order valence-electron chi connectivity index (χ1n) is 6.10. The van der Waals surface area contributed by atoms with E-state index in [9.17, 15) is 14.4 Å². The molecule has 2 amide bonds. The Balaban J connectivity index is 2.40. The van der Waals surface area contributed by atoms with Gasteiger partial charge in [0.25, 0.3) is 0 Å². The molecule has 21 heavy (non-hydrogen) atoms. The number of aliphatic carboxylic acids is 1. The molecule has 1 aromatic rings. The normalized spacial score (nSPS) is 11.3. The molecule has 0 aromatic heterocycles. The second-order valence-corrected chi connectivity index (χ2v) is 4.42. The number of amides is 2. The van der Waals surface area contributed by atoms with E-state index in [2.05, 4.69) is 23.3 Å². The van der Waals surface area contributed by atoms with Crippen LogP contribution >= 0.6 is 12.6 Å². The lowest BCUT2D eigenvalue weighted by molar-refractivity contribution is -0.138. The highest BCUT2D eigenvalue weighted by atomic mass is 32.1. The smallest absolute Gasteiger partial charge is 0.408 e. The molecule has 1 aromatic carbocycles. The van der Waals surface area contributed by atoms with Gasteiger partial charge in [0.05, 0.1) is 0 Å². The van der Waals surface area contributed by atoms with Crippen molar-refractivity contribution in [3.63, 3.8) is 0 Å². The molecular formula is C13H16N2O5S. The van der Waals surface area contributed by atoms with Gasteiger partial charge in [0.1, 0.15) is 19.2 Å². The molecule has 0 aliphatic heterocycles. The minimum Gasteiger partial charge on any atom is -0.480 e. The summed E-state index contributed by atoms with van der Waals surface area (Å²) in [7, 11) is 0. The summed E-state index contributed by atoms with van der Waals surface area (Å²) in [5, 5.41) is 12.9. The van der Waals surface area contributed by atoms with Crippen molar-refractivity contribution < 1.29 is 24.2 Å². The third-order valence-corrected chi connectivity index (χ3v) is 2.78. The van der Waals surface area contributed by atoms with E-state index in [1.165, 1.54) is 0 Å². The number of carbonyl (C=O) groups excluding carboxylic acids is 2. The molecule has 0 aliphatic rings. The number of carboxylic acid groups (broad SMARTS) is 1. The summed E-state index contributed by atoms with van der Waals surface area (Å²) in [6.07, 6.45) is -0.775. The molecule has 0 saturated carbocycles. The van der Waals surface area contributed by atoms with Crippen LogP contribution < -0.4 is 10.6 Å². The topological polar surface area (TPSA) is 105 Å². The number of carboxylic acids is 1. The largest absolute Gasteiger partial charge is 0.480 e. The zero-order chi connectivity index (χ0) is 15.7. The number of nitrogens with one attached hydrogen (secondary N) is 2. The zero-order valence-corrected chi connectivity index (χ0v) is 12.0. The van der Waals surface area contributed by atoms with Crippen LogP contribution in [0.2, 0.25) is 0 Å². The average molecular weight is 312 g/mol. The Kier molecular flexibility index (Phi) is 7.10. The molecule has 1 rings (SSSR count). The van der Waals surface area contributed by atoms with E-state index in [0.717, 1.165) is 5.56 Å². The number of hydrogen-bond acceptors (Lipinski definition) is 5. The molecule has 0 saturated heterocycles. The van der Waals surface area contributed by atoms with Crippen molar-refractivity contribution in [1.82, 2.24) is 10.6 Å². The third kappa shape index (κ3) is 6.66. The van der Waals surface area contributed by atoms with Crippen LogP contribution in [0, 0.1) is 0 Å². The van der Waals surface area contributed by atoms with Gasteiger partial charge in [-0.05, 0) is 5.56 Å². The van der Waals surface area contributed by atoms with E-state index in [1.807, 2.05) is 18.2 Å². The first-order valence-corrected chi connectivity index (χ1v) is 6.73. The molecule has 3 N–H and O–H groups in total. The second kappa shape index (κ2) is 8.85.